The zero-order valence-electron chi connectivity index (χ0n) is 3.75. The van der Waals surface area contributed by atoms with Crippen molar-refractivity contribution in [2.24, 2.45) is 0 Å². The Morgan fingerprint density at radius 1 is 1.50 bits per heavy atom. The van der Waals surface area contributed by atoms with E-state index in [1.807, 2.05) is 0 Å². The summed E-state index contributed by atoms with van der Waals surface area (Å²) in [5, 5.41) is 0. The van der Waals surface area contributed by atoms with Crippen molar-refractivity contribution in [3.63, 3.8) is 0 Å². The van der Waals surface area contributed by atoms with Crippen LogP contribution in [0.5, 0.6) is 0 Å². The maximum atomic E-state index is 11.1. The van der Waals surface area contributed by atoms with Crippen LogP contribution < -0.4 is 0 Å². The third kappa shape index (κ3) is 4.08. The van der Waals surface area contributed by atoms with Crippen LogP contribution in [0.3, 0.4) is 0 Å². The van der Waals surface area contributed by atoms with E-state index < -0.39 is 6.43 Å². The lowest BCUT2D eigenvalue weighted by Gasteiger charge is -1.87. The average molecular weight is 110 g/mol. The molecular formula is C3H8F2Si. The Hall–Kier alpha value is 0.0769. The number of halogens is 2. The molecule has 0 unspecified atom stereocenters. The Kier molecular flexibility index (Phi) is 3.32. The van der Waals surface area contributed by atoms with Crippen LogP contribution in [0.4, 0.5) is 8.78 Å². The molecule has 0 bridgehead atoms. The van der Waals surface area contributed by atoms with Gasteiger partial charge in [-0.05, 0) is 0 Å². The highest BCUT2D eigenvalue weighted by molar-refractivity contribution is 6.08. The van der Waals surface area contributed by atoms with Gasteiger partial charge in [0.2, 0.25) is 6.43 Å². The zero-order chi connectivity index (χ0) is 4.99. The number of hydrogen-bond acceptors (Lipinski definition) is 0. The minimum atomic E-state index is -2.07. The molecule has 0 aromatic rings. The molecule has 3 heteroatoms. The molecule has 0 rings (SSSR count). The topological polar surface area (TPSA) is 0 Å². The second kappa shape index (κ2) is 3.27. The van der Waals surface area contributed by atoms with E-state index in [9.17, 15) is 8.78 Å². The highest BCUT2D eigenvalue weighted by Gasteiger charge is 1.95. The van der Waals surface area contributed by atoms with Gasteiger partial charge in [-0.25, -0.2) is 8.78 Å². The highest BCUT2D eigenvalue weighted by Crippen LogP contribution is 1.99. The SMILES string of the molecule is FC(F)CC[SiH3]. The van der Waals surface area contributed by atoms with Crippen LogP contribution >= 0.6 is 0 Å². The van der Waals surface area contributed by atoms with E-state index in [2.05, 4.69) is 0 Å². The maximum absolute atomic E-state index is 11.1. The number of hydrogen-bond donors (Lipinski definition) is 0. The molecule has 0 aromatic carbocycles. The predicted octanol–water partition coefficient (Wildman–Crippen LogP) is 0.425. The first kappa shape index (κ1) is 6.08. The van der Waals surface area contributed by atoms with E-state index in [0.29, 0.717) is 0 Å². The Labute approximate surface area is 39.0 Å². The third-order valence-electron chi connectivity index (χ3n) is 0.507. The summed E-state index contributed by atoms with van der Waals surface area (Å²) in [4.78, 5) is 0. The molecule has 0 heterocycles. The first-order chi connectivity index (χ1) is 2.77. The van der Waals surface area contributed by atoms with Gasteiger partial charge in [0.05, 0.1) is 0 Å². The van der Waals surface area contributed by atoms with Crippen molar-refractivity contribution in [3.05, 3.63) is 0 Å². The second-order valence-corrected chi connectivity index (χ2v) is 2.18. The summed E-state index contributed by atoms with van der Waals surface area (Å²) in [5.74, 6) is 0. The molecule has 0 aromatic heterocycles. The van der Waals surface area contributed by atoms with Crippen LogP contribution in [0, 0.1) is 0 Å². The molecule has 0 aliphatic carbocycles. The quantitative estimate of drug-likeness (QED) is 0.452. The Morgan fingerprint density at radius 2 is 2.00 bits per heavy atom. The van der Waals surface area contributed by atoms with Gasteiger partial charge < -0.3 is 0 Å². The summed E-state index contributed by atoms with van der Waals surface area (Å²) in [6.07, 6.45) is -1.96. The predicted molar refractivity (Wildman–Crippen MR) is 25.4 cm³/mol. The van der Waals surface area contributed by atoms with Gasteiger partial charge in [-0.3, -0.25) is 0 Å². The molecule has 0 fully saturated rings. The van der Waals surface area contributed by atoms with Crippen molar-refractivity contribution in [3.8, 4) is 0 Å². The molecule has 6 heavy (non-hydrogen) atoms. The molecule has 0 N–H and O–H groups in total. The summed E-state index contributed by atoms with van der Waals surface area (Å²) in [6, 6.07) is 0.720. The van der Waals surface area contributed by atoms with Gasteiger partial charge in [-0.15, -0.1) is 0 Å². The van der Waals surface area contributed by atoms with Gasteiger partial charge in [-0.1, -0.05) is 6.04 Å². The highest BCUT2D eigenvalue weighted by atomic mass is 28.1. The van der Waals surface area contributed by atoms with E-state index in [1.165, 1.54) is 0 Å². The molecule has 0 atom stereocenters. The van der Waals surface area contributed by atoms with E-state index >= 15 is 0 Å². The van der Waals surface area contributed by atoms with E-state index in [4.69, 9.17) is 0 Å². The molecule has 0 aliphatic rings. The molecule has 0 nitrogen and oxygen atoms in total. The van der Waals surface area contributed by atoms with Crippen molar-refractivity contribution in [1.82, 2.24) is 0 Å². The Morgan fingerprint density at radius 3 is 2.00 bits per heavy atom. The van der Waals surface area contributed by atoms with Gasteiger partial charge in [0.1, 0.15) is 0 Å². The lowest BCUT2D eigenvalue weighted by atomic mass is 10.5. The zero-order valence-corrected chi connectivity index (χ0v) is 5.75. The summed E-state index contributed by atoms with van der Waals surface area (Å²) < 4.78 is 22.1. The minimum absolute atomic E-state index is 0.103. The number of alkyl halides is 2. The molecule has 0 saturated carbocycles. The molecular weight excluding hydrogens is 102 g/mol. The van der Waals surface area contributed by atoms with Crippen LogP contribution in [0.1, 0.15) is 6.42 Å². The standard InChI is InChI=1S/C3H8F2Si/c4-3(5)1-2-6/h3H,1-2H2,6H3. The van der Waals surface area contributed by atoms with Crippen LogP contribution in [0.25, 0.3) is 0 Å². The van der Waals surface area contributed by atoms with Gasteiger partial charge >= 0.3 is 0 Å². The first-order valence-electron chi connectivity index (χ1n) is 2.05. The monoisotopic (exact) mass is 110 g/mol. The molecule has 0 spiro atoms. The van der Waals surface area contributed by atoms with Crippen molar-refractivity contribution in [2.45, 2.75) is 18.9 Å². The van der Waals surface area contributed by atoms with Gasteiger partial charge in [0.25, 0.3) is 0 Å². The molecule has 0 radical (unpaired) electrons. The molecule has 0 saturated heterocycles. The van der Waals surface area contributed by atoms with Gasteiger partial charge in [0.15, 0.2) is 0 Å². The Balaban J connectivity index is 2.63. The summed E-state index contributed by atoms with van der Waals surface area (Å²) in [7, 11) is 0.907. The lowest BCUT2D eigenvalue weighted by Crippen LogP contribution is -1.86. The largest absolute Gasteiger partial charge is 0.238 e. The van der Waals surface area contributed by atoms with E-state index in [1.54, 1.807) is 0 Å². The Bertz CT molecular complexity index is 30.0. The van der Waals surface area contributed by atoms with Gasteiger partial charge in [0, 0.05) is 16.7 Å². The fourth-order valence-corrected chi connectivity index (χ4v) is 0.655. The van der Waals surface area contributed by atoms with Crippen molar-refractivity contribution in [1.29, 1.82) is 0 Å². The van der Waals surface area contributed by atoms with Crippen LogP contribution in [-0.2, 0) is 0 Å². The fraction of sp³-hybridized carbons (Fsp3) is 1.00. The molecule has 0 aliphatic heterocycles. The van der Waals surface area contributed by atoms with Crippen LogP contribution in [0.15, 0.2) is 0 Å². The third-order valence-corrected chi connectivity index (χ3v) is 1.08. The summed E-state index contributed by atoms with van der Waals surface area (Å²) in [6.45, 7) is 0. The lowest BCUT2D eigenvalue weighted by molar-refractivity contribution is 0.144. The summed E-state index contributed by atoms with van der Waals surface area (Å²) in [5.41, 5.74) is 0. The van der Waals surface area contributed by atoms with E-state index in [-0.39, 0.29) is 6.42 Å². The van der Waals surface area contributed by atoms with Crippen molar-refractivity contribution < 1.29 is 8.78 Å². The summed E-state index contributed by atoms with van der Waals surface area (Å²) >= 11 is 0. The van der Waals surface area contributed by atoms with Crippen molar-refractivity contribution in [2.75, 3.05) is 0 Å². The average Bonchev–Trinajstić information content (AvgIpc) is 1.35. The van der Waals surface area contributed by atoms with Crippen LogP contribution in [-0.4, -0.2) is 16.7 Å². The fourth-order valence-electron chi connectivity index (χ4n) is 0.218. The smallest absolute Gasteiger partial charge is 0.211 e. The molecule has 38 valence electrons. The van der Waals surface area contributed by atoms with E-state index in [0.717, 1.165) is 16.3 Å². The normalized spacial score (nSPS) is 10.5. The maximum Gasteiger partial charge on any atom is 0.238 e. The first-order valence-corrected chi connectivity index (χ1v) is 3.47. The van der Waals surface area contributed by atoms with Crippen LogP contribution in [0.2, 0.25) is 6.04 Å². The molecule has 0 amide bonds. The second-order valence-electron chi connectivity index (χ2n) is 1.18. The minimum Gasteiger partial charge on any atom is -0.211 e. The number of rotatable bonds is 2. The van der Waals surface area contributed by atoms with Crippen molar-refractivity contribution >= 4 is 10.2 Å². The van der Waals surface area contributed by atoms with Gasteiger partial charge in [-0.2, -0.15) is 0 Å².